The normalized spacial score (nSPS) is 15.3. The molecule has 2 amide bonds. The van der Waals surface area contributed by atoms with Gasteiger partial charge in [0.25, 0.3) is 0 Å². The standard InChI is InChI=1S/C15H18N2O4/c1-3-17-12-6-5-11(8-10(12)4-7-13(17)18)16-14(19)9(2)15(20)21/h5-6,8-9H,3-4,7H2,1-2H3,(H,16,19)(H,20,21). The molecule has 0 radical (unpaired) electrons. The number of nitrogens with one attached hydrogen (secondary N) is 1. The van der Waals surface area contributed by atoms with Gasteiger partial charge in [-0.3, -0.25) is 14.4 Å². The predicted molar refractivity (Wildman–Crippen MR) is 78.2 cm³/mol. The first-order valence-electron chi connectivity index (χ1n) is 6.91. The largest absolute Gasteiger partial charge is 0.481 e. The number of carbonyl (C=O) groups is 3. The molecule has 6 nitrogen and oxygen atoms in total. The van der Waals surface area contributed by atoms with Crippen molar-refractivity contribution in [2.45, 2.75) is 26.7 Å². The molecule has 1 aromatic rings. The summed E-state index contributed by atoms with van der Waals surface area (Å²) in [6.07, 6.45) is 1.08. The van der Waals surface area contributed by atoms with Crippen molar-refractivity contribution in [3.05, 3.63) is 23.8 Å². The second-order valence-electron chi connectivity index (χ2n) is 5.03. The van der Waals surface area contributed by atoms with E-state index in [0.717, 1.165) is 11.3 Å². The van der Waals surface area contributed by atoms with Gasteiger partial charge >= 0.3 is 5.97 Å². The third kappa shape index (κ3) is 3.04. The van der Waals surface area contributed by atoms with Gasteiger partial charge in [0.1, 0.15) is 5.92 Å². The highest BCUT2D eigenvalue weighted by atomic mass is 16.4. The summed E-state index contributed by atoms with van der Waals surface area (Å²) in [7, 11) is 0. The van der Waals surface area contributed by atoms with Crippen molar-refractivity contribution < 1.29 is 19.5 Å². The van der Waals surface area contributed by atoms with Gasteiger partial charge in [-0.05, 0) is 44.0 Å². The first kappa shape index (κ1) is 15.0. The van der Waals surface area contributed by atoms with Crippen molar-refractivity contribution in [3.63, 3.8) is 0 Å². The van der Waals surface area contributed by atoms with Gasteiger partial charge in [0.15, 0.2) is 0 Å². The van der Waals surface area contributed by atoms with E-state index in [4.69, 9.17) is 5.11 Å². The van der Waals surface area contributed by atoms with E-state index in [9.17, 15) is 14.4 Å². The van der Waals surface area contributed by atoms with Crippen LogP contribution in [0.3, 0.4) is 0 Å². The minimum atomic E-state index is -1.16. The van der Waals surface area contributed by atoms with Crippen molar-refractivity contribution >= 4 is 29.2 Å². The number of amides is 2. The fourth-order valence-electron chi connectivity index (χ4n) is 2.35. The quantitative estimate of drug-likeness (QED) is 0.825. The molecule has 0 bridgehead atoms. The molecule has 1 aliphatic heterocycles. The van der Waals surface area contributed by atoms with Gasteiger partial charge in [-0.15, -0.1) is 0 Å². The van der Waals surface area contributed by atoms with E-state index in [1.165, 1.54) is 6.92 Å². The minimum absolute atomic E-state index is 0.0984. The Balaban J connectivity index is 2.20. The number of carboxylic acids is 1. The van der Waals surface area contributed by atoms with Crippen LogP contribution in [-0.4, -0.2) is 29.4 Å². The zero-order chi connectivity index (χ0) is 15.6. The van der Waals surface area contributed by atoms with Crippen LogP contribution in [0.5, 0.6) is 0 Å². The van der Waals surface area contributed by atoms with E-state index in [2.05, 4.69) is 5.32 Å². The Morgan fingerprint density at radius 2 is 2.10 bits per heavy atom. The lowest BCUT2D eigenvalue weighted by Crippen LogP contribution is -2.34. The molecule has 21 heavy (non-hydrogen) atoms. The Hall–Kier alpha value is -2.37. The maximum Gasteiger partial charge on any atom is 0.315 e. The van der Waals surface area contributed by atoms with Gasteiger partial charge < -0.3 is 15.3 Å². The number of rotatable bonds is 4. The zero-order valence-electron chi connectivity index (χ0n) is 12.0. The highest BCUT2D eigenvalue weighted by Crippen LogP contribution is 2.30. The Kier molecular flexibility index (Phi) is 4.26. The number of fused-ring (bicyclic) bond motifs is 1. The molecule has 0 aromatic heterocycles. The molecule has 1 unspecified atom stereocenters. The molecule has 1 aliphatic rings. The molecule has 1 atom stereocenters. The van der Waals surface area contributed by atoms with Crippen molar-refractivity contribution in [1.82, 2.24) is 0 Å². The second kappa shape index (κ2) is 5.95. The van der Waals surface area contributed by atoms with E-state index in [0.29, 0.717) is 25.1 Å². The van der Waals surface area contributed by atoms with Gasteiger partial charge in [-0.1, -0.05) is 0 Å². The maximum absolute atomic E-state index is 11.8. The monoisotopic (exact) mass is 290 g/mol. The van der Waals surface area contributed by atoms with E-state index in [1.807, 2.05) is 6.92 Å². The lowest BCUT2D eigenvalue weighted by Gasteiger charge is -2.28. The SMILES string of the molecule is CCN1C(=O)CCc2cc(NC(=O)C(C)C(=O)O)ccc21. The first-order chi connectivity index (χ1) is 9.93. The molecule has 0 aliphatic carbocycles. The number of carboxylic acid groups (broad SMARTS) is 1. The summed E-state index contributed by atoms with van der Waals surface area (Å²) >= 11 is 0. The number of aryl methyl sites for hydroxylation is 1. The molecule has 0 saturated heterocycles. The van der Waals surface area contributed by atoms with Crippen LogP contribution >= 0.6 is 0 Å². The summed E-state index contributed by atoms with van der Waals surface area (Å²) in [6, 6.07) is 5.28. The Labute approximate surface area is 122 Å². The van der Waals surface area contributed by atoms with Crippen molar-refractivity contribution in [1.29, 1.82) is 0 Å². The highest BCUT2D eigenvalue weighted by Gasteiger charge is 2.24. The van der Waals surface area contributed by atoms with Crippen LogP contribution in [0, 0.1) is 5.92 Å². The molecule has 112 valence electrons. The Morgan fingerprint density at radius 1 is 1.38 bits per heavy atom. The Bertz CT molecular complexity index is 597. The first-order valence-corrected chi connectivity index (χ1v) is 6.91. The van der Waals surface area contributed by atoms with Crippen molar-refractivity contribution in [2.75, 3.05) is 16.8 Å². The fraction of sp³-hybridized carbons (Fsp3) is 0.400. The van der Waals surface area contributed by atoms with Crippen LogP contribution in [0.15, 0.2) is 18.2 Å². The molecular formula is C15H18N2O4. The number of hydrogen-bond donors (Lipinski definition) is 2. The number of aliphatic carboxylic acids is 1. The van der Waals surface area contributed by atoms with Crippen LogP contribution < -0.4 is 10.2 Å². The second-order valence-corrected chi connectivity index (χ2v) is 5.03. The highest BCUT2D eigenvalue weighted by molar-refractivity contribution is 6.04. The third-order valence-corrected chi connectivity index (χ3v) is 3.63. The van der Waals surface area contributed by atoms with Crippen LogP contribution in [-0.2, 0) is 20.8 Å². The maximum atomic E-state index is 11.8. The zero-order valence-corrected chi connectivity index (χ0v) is 12.0. The van der Waals surface area contributed by atoms with E-state index < -0.39 is 17.8 Å². The van der Waals surface area contributed by atoms with Crippen molar-refractivity contribution in [3.8, 4) is 0 Å². The molecule has 2 rings (SSSR count). The average Bonchev–Trinajstić information content (AvgIpc) is 2.46. The van der Waals surface area contributed by atoms with Crippen LogP contribution in [0.2, 0.25) is 0 Å². The number of benzene rings is 1. The molecule has 0 saturated carbocycles. The summed E-state index contributed by atoms with van der Waals surface area (Å²) in [5.41, 5.74) is 2.40. The van der Waals surface area contributed by atoms with Crippen LogP contribution in [0.1, 0.15) is 25.8 Å². The van der Waals surface area contributed by atoms with Crippen molar-refractivity contribution in [2.24, 2.45) is 5.92 Å². The summed E-state index contributed by atoms with van der Waals surface area (Å²) in [4.78, 5) is 36.0. The van der Waals surface area contributed by atoms with Gasteiger partial charge in [0, 0.05) is 24.3 Å². The lowest BCUT2D eigenvalue weighted by atomic mass is 10.0. The topological polar surface area (TPSA) is 86.7 Å². The molecule has 0 spiro atoms. The van der Waals surface area contributed by atoms with Crippen LogP contribution in [0.25, 0.3) is 0 Å². The number of hydrogen-bond acceptors (Lipinski definition) is 3. The summed E-state index contributed by atoms with van der Waals surface area (Å²) in [5, 5.41) is 11.4. The summed E-state index contributed by atoms with van der Waals surface area (Å²) in [6.45, 7) is 3.86. The van der Waals surface area contributed by atoms with E-state index in [1.54, 1.807) is 23.1 Å². The number of nitrogens with zero attached hydrogens (tertiary/aromatic N) is 1. The molecule has 1 heterocycles. The molecule has 6 heteroatoms. The summed E-state index contributed by atoms with van der Waals surface area (Å²) in [5.74, 6) is -2.72. The molecular weight excluding hydrogens is 272 g/mol. The number of anilines is 2. The smallest absolute Gasteiger partial charge is 0.315 e. The van der Waals surface area contributed by atoms with Gasteiger partial charge in [0.2, 0.25) is 11.8 Å². The van der Waals surface area contributed by atoms with E-state index in [-0.39, 0.29) is 5.91 Å². The van der Waals surface area contributed by atoms with Gasteiger partial charge in [-0.2, -0.15) is 0 Å². The fourth-order valence-corrected chi connectivity index (χ4v) is 2.35. The van der Waals surface area contributed by atoms with E-state index >= 15 is 0 Å². The summed E-state index contributed by atoms with van der Waals surface area (Å²) < 4.78 is 0. The van der Waals surface area contributed by atoms with Crippen LogP contribution in [0.4, 0.5) is 11.4 Å². The molecule has 0 fully saturated rings. The lowest BCUT2D eigenvalue weighted by molar-refractivity contribution is -0.144. The molecule has 2 N–H and O–H groups in total. The molecule has 1 aromatic carbocycles. The minimum Gasteiger partial charge on any atom is -0.481 e. The average molecular weight is 290 g/mol. The third-order valence-electron chi connectivity index (χ3n) is 3.63. The van der Waals surface area contributed by atoms with Gasteiger partial charge in [0.05, 0.1) is 0 Å². The number of carbonyl (C=O) groups excluding carboxylic acids is 2. The predicted octanol–water partition coefficient (Wildman–Crippen LogP) is 1.64. The Morgan fingerprint density at radius 3 is 2.71 bits per heavy atom. The van der Waals surface area contributed by atoms with Gasteiger partial charge in [-0.25, -0.2) is 0 Å².